The van der Waals surface area contributed by atoms with E-state index in [9.17, 15) is 0 Å². The van der Waals surface area contributed by atoms with E-state index in [0.717, 1.165) is 40.1 Å². The average Bonchev–Trinajstić information content (AvgIpc) is 3.32. The van der Waals surface area contributed by atoms with E-state index in [4.69, 9.17) is 4.98 Å². The molecule has 2 bridgehead atoms. The van der Waals surface area contributed by atoms with Gasteiger partial charge >= 0.3 is 0 Å². The normalized spacial score (nSPS) is 24.2. The first-order chi connectivity index (χ1) is 12.6. The van der Waals surface area contributed by atoms with Crippen molar-refractivity contribution in [3.8, 4) is 11.3 Å². The van der Waals surface area contributed by atoms with Gasteiger partial charge in [0.2, 0.25) is 5.95 Å². The fraction of sp³-hybridized carbons (Fsp3) is 0.500. The van der Waals surface area contributed by atoms with Crippen molar-refractivity contribution < 1.29 is 0 Å². The number of hydrogen-bond donors (Lipinski definition) is 1. The summed E-state index contributed by atoms with van der Waals surface area (Å²) in [6, 6.07) is 4.68. The Kier molecular flexibility index (Phi) is 3.48. The van der Waals surface area contributed by atoms with Gasteiger partial charge in [-0.25, -0.2) is 15.0 Å². The molecule has 6 heteroatoms. The Balaban J connectivity index is 1.49. The second-order valence-electron chi connectivity index (χ2n) is 8.03. The molecule has 0 amide bonds. The lowest BCUT2D eigenvalue weighted by atomic mass is 9.78. The molecule has 0 saturated heterocycles. The fourth-order valence-corrected chi connectivity index (χ4v) is 4.79. The summed E-state index contributed by atoms with van der Waals surface area (Å²) in [6.07, 6.45) is 7.76. The maximum atomic E-state index is 4.76. The van der Waals surface area contributed by atoms with Crippen LogP contribution in [0.3, 0.4) is 0 Å². The first-order valence-electron chi connectivity index (χ1n) is 9.52. The molecule has 3 aliphatic rings. The van der Waals surface area contributed by atoms with Gasteiger partial charge in [-0.15, -0.1) is 0 Å². The van der Waals surface area contributed by atoms with Crippen LogP contribution >= 0.6 is 0 Å². The highest BCUT2D eigenvalue weighted by atomic mass is 15.3. The number of rotatable bonds is 4. The summed E-state index contributed by atoms with van der Waals surface area (Å²) >= 11 is 0. The molecule has 134 valence electrons. The number of aromatic nitrogens is 5. The predicted octanol–water partition coefficient (Wildman–Crippen LogP) is 3.76. The number of aryl methyl sites for hydroxylation is 1. The van der Waals surface area contributed by atoms with Crippen LogP contribution < -0.4 is 5.32 Å². The molecular formula is C20H24N6. The first kappa shape index (κ1) is 15.7. The molecule has 0 aromatic carbocycles. The average molecular weight is 348 g/mol. The maximum absolute atomic E-state index is 4.76. The van der Waals surface area contributed by atoms with E-state index < -0.39 is 0 Å². The molecule has 3 fully saturated rings. The molecule has 26 heavy (non-hydrogen) atoms. The zero-order valence-electron chi connectivity index (χ0n) is 15.5. The highest BCUT2D eigenvalue weighted by Crippen LogP contribution is 2.49. The third-order valence-corrected chi connectivity index (χ3v) is 6.06. The summed E-state index contributed by atoms with van der Waals surface area (Å²) in [5.74, 6) is 2.75. The quantitative estimate of drug-likeness (QED) is 0.777. The van der Waals surface area contributed by atoms with E-state index in [1.165, 1.54) is 25.0 Å². The summed E-state index contributed by atoms with van der Waals surface area (Å²) in [7, 11) is 1.98. The molecule has 1 unspecified atom stereocenters. The van der Waals surface area contributed by atoms with Crippen molar-refractivity contribution in [1.29, 1.82) is 0 Å². The Morgan fingerprint density at radius 3 is 2.73 bits per heavy atom. The third kappa shape index (κ3) is 2.39. The van der Waals surface area contributed by atoms with Crippen LogP contribution in [-0.4, -0.2) is 30.8 Å². The lowest BCUT2D eigenvalue weighted by Gasteiger charge is -2.36. The van der Waals surface area contributed by atoms with Gasteiger partial charge < -0.3 is 5.32 Å². The molecule has 6 rings (SSSR count). The molecule has 6 nitrogen and oxygen atoms in total. The van der Waals surface area contributed by atoms with Gasteiger partial charge in [-0.2, -0.15) is 5.10 Å². The molecule has 3 heterocycles. The van der Waals surface area contributed by atoms with Crippen LogP contribution in [0.5, 0.6) is 0 Å². The van der Waals surface area contributed by atoms with Crippen LogP contribution in [0.2, 0.25) is 0 Å². The maximum Gasteiger partial charge on any atom is 0.223 e. The van der Waals surface area contributed by atoms with Crippen LogP contribution in [0.15, 0.2) is 24.5 Å². The number of anilines is 1. The summed E-state index contributed by atoms with van der Waals surface area (Å²) in [5.41, 5.74) is 3.91. The molecule has 0 spiro atoms. The Morgan fingerprint density at radius 1 is 1.19 bits per heavy atom. The molecular weight excluding hydrogens is 324 g/mol. The van der Waals surface area contributed by atoms with E-state index in [1.54, 1.807) is 0 Å². The van der Waals surface area contributed by atoms with Gasteiger partial charge in [0.05, 0.1) is 11.4 Å². The molecule has 3 saturated carbocycles. The van der Waals surface area contributed by atoms with Gasteiger partial charge in [-0.1, -0.05) is 13.8 Å². The molecule has 1 N–H and O–H groups in total. The highest BCUT2D eigenvalue weighted by molar-refractivity contribution is 5.83. The topological polar surface area (TPSA) is 68.5 Å². The van der Waals surface area contributed by atoms with Gasteiger partial charge in [0.25, 0.3) is 0 Å². The Morgan fingerprint density at radius 2 is 2.00 bits per heavy atom. The SMILES string of the molecule is CC(C)c1c2cc(-c3ccnc(NC4[C@@H]5CC[C@H]4C5)n3)cnc2nn1C. The fourth-order valence-electron chi connectivity index (χ4n) is 4.79. The summed E-state index contributed by atoms with van der Waals surface area (Å²) in [4.78, 5) is 13.8. The molecule has 0 aliphatic heterocycles. The van der Waals surface area contributed by atoms with Crippen LogP contribution in [0.4, 0.5) is 5.95 Å². The monoisotopic (exact) mass is 348 g/mol. The van der Waals surface area contributed by atoms with E-state index in [2.05, 4.69) is 40.3 Å². The second kappa shape index (κ2) is 5.76. The zero-order valence-corrected chi connectivity index (χ0v) is 15.5. The van der Waals surface area contributed by atoms with Crippen molar-refractivity contribution in [2.75, 3.05) is 5.32 Å². The van der Waals surface area contributed by atoms with Crippen molar-refractivity contribution in [3.63, 3.8) is 0 Å². The van der Waals surface area contributed by atoms with Gasteiger partial charge in [-0.3, -0.25) is 4.68 Å². The smallest absolute Gasteiger partial charge is 0.223 e. The van der Waals surface area contributed by atoms with Gasteiger partial charge in [0.1, 0.15) is 0 Å². The van der Waals surface area contributed by atoms with Gasteiger partial charge in [0.15, 0.2) is 5.65 Å². The molecule has 0 radical (unpaired) electrons. The van der Waals surface area contributed by atoms with Crippen LogP contribution in [0.25, 0.3) is 22.3 Å². The van der Waals surface area contributed by atoms with Crippen LogP contribution in [-0.2, 0) is 7.05 Å². The number of hydrogen-bond acceptors (Lipinski definition) is 5. The minimum Gasteiger partial charge on any atom is -0.351 e. The van der Waals surface area contributed by atoms with Crippen LogP contribution in [0.1, 0.15) is 44.7 Å². The van der Waals surface area contributed by atoms with Crippen LogP contribution in [0, 0.1) is 11.8 Å². The van der Waals surface area contributed by atoms with Crippen molar-refractivity contribution in [2.24, 2.45) is 18.9 Å². The first-order valence-corrected chi connectivity index (χ1v) is 9.52. The molecule has 3 aromatic heterocycles. The largest absolute Gasteiger partial charge is 0.351 e. The Labute approximate surface area is 153 Å². The molecule has 3 atom stereocenters. The lowest BCUT2D eigenvalue weighted by Crippen LogP contribution is -2.41. The predicted molar refractivity (Wildman–Crippen MR) is 102 cm³/mol. The highest BCUT2D eigenvalue weighted by Gasteiger charge is 2.46. The molecule has 3 aliphatic carbocycles. The van der Waals surface area contributed by atoms with Gasteiger partial charge in [-0.05, 0) is 49.1 Å². The summed E-state index contributed by atoms with van der Waals surface area (Å²) < 4.78 is 1.94. The standard InChI is InChI=1S/C20H24N6/c1-11(2)18-15-9-14(10-22-19(15)25-26(18)3)16-6-7-21-20(23-16)24-17-12-4-5-13(17)8-12/h6-7,9-13,17H,4-5,8H2,1-3H3,(H,21,23,24)/t12-,13+,17?. The summed E-state index contributed by atoms with van der Waals surface area (Å²) in [6.45, 7) is 4.37. The Hall–Kier alpha value is -2.50. The third-order valence-electron chi connectivity index (χ3n) is 6.06. The number of nitrogens with one attached hydrogen (secondary N) is 1. The van der Waals surface area contributed by atoms with E-state index in [0.29, 0.717) is 12.0 Å². The lowest BCUT2D eigenvalue weighted by molar-refractivity contribution is 0.261. The van der Waals surface area contributed by atoms with Crippen molar-refractivity contribution >= 4 is 17.0 Å². The zero-order chi connectivity index (χ0) is 17.8. The van der Waals surface area contributed by atoms with E-state index in [1.807, 2.05) is 30.2 Å². The van der Waals surface area contributed by atoms with E-state index in [-0.39, 0.29) is 0 Å². The van der Waals surface area contributed by atoms with E-state index >= 15 is 0 Å². The number of nitrogens with zero attached hydrogens (tertiary/aromatic N) is 5. The van der Waals surface area contributed by atoms with Gasteiger partial charge in [0, 0.05) is 36.4 Å². The second-order valence-corrected chi connectivity index (χ2v) is 8.03. The minimum absolute atomic E-state index is 0.388. The van der Waals surface area contributed by atoms with Crippen molar-refractivity contribution in [2.45, 2.75) is 45.1 Å². The minimum atomic E-state index is 0.388. The Bertz CT molecular complexity index is 962. The van der Waals surface area contributed by atoms with Crippen molar-refractivity contribution in [3.05, 3.63) is 30.2 Å². The van der Waals surface area contributed by atoms with Crippen molar-refractivity contribution in [1.82, 2.24) is 24.7 Å². The molecule has 3 aromatic rings. The number of pyridine rings is 1. The summed E-state index contributed by atoms with van der Waals surface area (Å²) in [5, 5.41) is 9.19. The number of fused-ring (bicyclic) bond motifs is 2.